The lowest BCUT2D eigenvalue weighted by molar-refractivity contribution is -0.101. The van der Waals surface area contributed by atoms with Crippen LogP contribution < -0.4 is 5.32 Å². The summed E-state index contributed by atoms with van der Waals surface area (Å²) < 4.78 is 5.30. The van der Waals surface area contributed by atoms with Gasteiger partial charge in [-0.25, -0.2) is 0 Å². The molecule has 0 bridgehead atoms. The quantitative estimate of drug-likeness (QED) is 0.794. The van der Waals surface area contributed by atoms with E-state index in [0.717, 1.165) is 37.6 Å². The van der Waals surface area contributed by atoms with E-state index < -0.39 is 0 Å². The first-order valence-electron chi connectivity index (χ1n) is 6.90. The second-order valence-electron chi connectivity index (χ2n) is 6.55. The van der Waals surface area contributed by atoms with Gasteiger partial charge >= 0.3 is 0 Å². The highest BCUT2D eigenvalue weighted by atomic mass is 16.5. The van der Waals surface area contributed by atoms with Crippen molar-refractivity contribution < 1.29 is 4.74 Å². The molecule has 1 aliphatic heterocycles. The monoisotopic (exact) mass is 225 g/mol. The summed E-state index contributed by atoms with van der Waals surface area (Å²) in [5.41, 5.74) is 0.421. The average molecular weight is 225 g/mol. The molecule has 16 heavy (non-hydrogen) atoms. The maximum atomic E-state index is 5.30. The zero-order chi connectivity index (χ0) is 11.6. The summed E-state index contributed by atoms with van der Waals surface area (Å²) in [4.78, 5) is 0. The molecule has 1 saturated heterocycles. The largest absolute Gasteiger partial charge is 0.380 e. The van der Waals surface area contributed by atoms with Crippen LogP contribution in [-0.4, -0.2) is 25.8 Å². The molecule has 2 heteroatoms. The third-order valence-electron chi connectivity index (χ3n) is 4.38. The molecule has 2 rings (SSSR count). The van der Waals surface area contributed by atoms with Crippen molar-refractivity contribution in [3.05, 3.63) is 0 Å². The molecule has 1 heterocycles. The van der Waals surface area contributed by atoms with Crippen LogP contribution in [0.4, 0.5) is 0 Å². The summed E-state index contributed by atoms with van der Waals surface area (Å²) in [6.07, 6.45) is 5.61. The Hall–Kier alpha value is -0.0800. The van der Waals surface area contributed by atoms with Crippen molar-refractivity contribution in [1.29, 1.82) is 0 Å². The lowest BCUT2D eigenvalue weighted by Gasteiger charge is -2.40. The Bertz CT molecular complexity index is 223. The lowest BCUT2D eigenvalue weighted by Crippen LogP contribution is -2.50. The fourth-order valence-corrected chi connectivity index (χ4v) is 2.96. The van der Waals surface area contributed by atoms with Gasteiger partial charge in [0.05, 0.1) is 13.2 Å². The lowest BCUT2D eigenvalue weighted by atomic mass is 9.79. The number of rotatable bonds is 4. The van der Waals surface area contributed by atoms with E-state index in [1.807, 2.05) is 0 Å². The fraction of sp³-hybridized carbons (Fsp3) is 1.00. The highest BCUT2D eigenvalue weighted by molar-refractivity contribution is 4.86. The summed E-state index contributed by atoms with van der Waals surface area (Å²) in [7, 11) is 0. The Kier molecular flexibility index (Phi) is 3.91. The summed E-state index contributed by atoms with van der Waals surface area (Å²) in [6, 6.07) is 0.763. The second kappa shape index (κ2) is 5.05. The predicted octanol–water partition coefficient (Wildman–Crippen LogP) is 2.83. The minimum Gasteiger partial charge on any atom is -0.380 e. The van der Waals surface area contributed by atoms with Crippen LogP contribution in [0, 0.1) is 17.3 Å². The number of hydrogen-bond acceptors (Lipinski definition) is 2. The van der Waals surface area contributed by atoms with Crippen molar-refractivity contribution in [2.24, 2.45) is 17.3 Å². The average Bonchev–Trinajstić information content (AvgIpc) is 2.24. The molecule has 0 aromatic rings. The third-order valence-corrected chi connectivity index (χ3v) is 4.38. The van der Waals surface area contributed by atoms with Gasteiger partial charge in [0.2, 0.25) is 0 Å². The van der Waals surface area contributed by atoms with E-state index in [2.05, 4.69) is 26.1 Å². The molecule has 2 fully saturated rings. The standard InChI is InChI=1S/C14H27NO/c1-11(2)12-5-4-6-13(7-12)15-8-14(3)9-16-10-14/h11-13,15H,4-10H2,1-3H3. The molecular formula is C14H27NO. The molecular weight excluding hydrogens is 198 g/mol. The van der Waals surface area contributed by atoms with Gasteiger partial charge in [0.1, 0.15) is 0 Å². The van der Waals surface area contributed by atoms with Crippen molar-refractivity contribution >= 4 is 0 Å². The van der Waals surface area contributed by atoms with Gasteiger partial charge in [0, 0.05) is 18.0 Å². The zero-order valence-electron chi connectivity index (χ0n) is 11.1. The molecule has 0 aromatic carbocycles. The van der Waals surface area contributed by atoms with Gasteiger partial charge in [-0.05, 0) is 24.7 Å². The molecule has 0 amide bonds. The van der Waals surface area contributed by atoms with E-state index in [0.29, 0.717) is 5.41 Å². The van der Waals surface area contributed by atoms with Gasteiger partial charge < -0.3 is 10.1 Å². The highest BCUT2D eigenvalue weighted by Gasteiger charge is 2.34. The van der Waals surface area contributed by atoms with Crippen LogP contribution in [0.5, 0.6) is 0 Å². The van der Waals surface area contributed by atoms with Crippen LogP contribution in [0.3, 0.4) is 0 Å². The Morgan fingerprint density at radius 1 is 1.31 bits per heavy atom. The van der Waals surface area contributed by atoms with Crippen molar-refractivity contribution in [1.82, 2.24) is 5.32 Å². The molecule has 0 spiro atoms. The van der Waals surface area contributed by atoms with E-state index in [9.17, 15) is 0 Å². The topological polar surface area (TPSA) is 21.3 Å². The van der Waals surface area contributed by atoms with E-state index >= 15 is 0 Å². The summed E-state index contributed by atoms with van der Waals surface area (Å²) >= 11 is 0. The molecule has 1 N–H and O–H groups in total. The van der Waals surface area contributed by atoms with Crippen molar-refractivity contribution in [3.8, 4) is 0 Å². The van der Waals surface area contributed by atoms with Gasteiger partial charge in [-0.15, -0.1) is 0 Å². The Morgan fingerprint density at radius 3 is 2.62 bits per heavy atom. The molecule has 2 atom stereocenters. The van der Waals surface area contributed by atoms with Crippen molar-refractivity contribution in [2.75, 3.05) is 19.8 Å². The maximum Gasteiger partial charge on any atom is 0.0554 e. The van der Waals surface area contributed by atoms with Gasteiger partial charge in [0.15, 0.2) is 0 Å². The minimum absolute atomic E-state index is 0.421. The van der Waals surface area contributed by atoms with Crippen LogP contribution in [0.15, 0.2) is 0 Å². The first kappa shape index (κ1) is 12.4. The summed E-state index contributed by atoms with van der Waals surface area (Å²) in [5, 5.41) is 3.77. The van der Waals surface area contributed by atoms with Gasteiger partial charge in [-0.3, -0.25) is 0 Å². The molecule has 0 radical (unpaired) electrons. The van der Waals surface area contributed by atoms with Crippen molar-refractivity contribution in [3.63, 3.8) is 0 Å². The van der Waals surface area contributed by atoms with E-state index in [1.165, 1.54) is 25.7 Å². The summed E-state index contributed by atoms with van der Waals surface area (Å²) in [5.74, 6) is 1.80. The van der Waals surface area contributed by atoms with Gasteiger partial charge in [-0.2, -0.15) is 0 Å². The molecule has 2 nitrogen and oxygen atoms in total. The van der Waals surface area contributed by atoms with E-state index in [-0.39, 0.29) is 0 Å². The van der Waals surface area contributed by atoms with Crippen LogP contribution >= 0.6 is 0 Å². The number of nitrogens with one attached hydrogen (secondary N) is 1. The SMILES string of the molecule is CC(C)C1CCCC(NCC2(C)COC2)C1. The molecule has 2 aliphatic rings. The molecule has 94 valence electrons. The second-order valence-corrected chi connectivity index (χ2v) is 6.55. The van der Waals surface area contributed by atoms with Crippen molar-refractivity contribution in [2.45, 2.75) is 52.5 Å². The molecule has 2 unspecified atom stereocenters. The molecule has 0 aromatic heterocycles. The van der Waals surface area contributed by atoms with E-state index in [4.69, 9.17) is 4.74 Å². The normalized spacial score (nSPS) is 33.8. The number of ether oxygens (including phenoxy) is 1. The van der Waals surface area contributed by atoms with Gasteiger partial charge in [-0.1, -0.05) is 33.6 Å². The zero-order valence-corrected chi connectivity index (χ0v) is 11.1. The van der Waals surface area contributed by atoms with Crippen LogP contribution in [0.25, 0.3) is 0 Å². The smallest absolute Gasteiger partial charge is 0.0554 e. The van der Waals surface area contributed by atoms with E-state index in [1.54, 1.807) is 0 Å². The first-order valence-corrected chi connectivity index (χ1v) is 6.90. The number of hydrogen-bond donors (Lipinski definition) is 1. The summed E-state index contributed by atoms with van der Waals surface area (Å²) in [6.45, 7) is 10.1. The molecule has 1 saturated carbocycles. The Morgan fingerprint density at radius 2 is 2.06 bits per heavy atom. The molecule has 1 aliphatic carbocycles. The first-order chi connectivity index (χ1) is 7.59. The fourth-order valence-electron chi connectivity index (χ4n) is 2.96. The van der Waals surface area contributed by atoms with Gasteiger partial charge in [0.25, 0.3) is 0 Å². The van der Waals surface area contributed by atoms with Crippen LogP contribution in [0.2, 0.25) is 0 Å². The maximum absolute atomic E-state index is 5.30. The predicted molar refractivity (Wildman–Crippen MR) is 67.5 cm³/mol. The van der Waals surface area contributed by atoms with Crippen LogP contribution in [-0.2, 0) is 4.74 Å². The van der Waals surface area contributed by atoms with Crippen LogP contribution in [0.1, 0.15) is 46.5 Å². The Labute approximate surface area is 100 Å². The minimum atomic E-state index is 0.421. The third kappa shape index (κ3) is 2.98. The Balaban J connectivity index is 1.72. The highest BCUT2D eigenvalue weighted by Crippen LogP contribution is 2.31.